The fourth-order valence-corrected chi connectivity index (χ4v) is 2.88. The lowest BCUT2D eigenvalue weighted by Crippen LogP contribution is -2.64. The van der Waals surface area contributed by atoms with Gasteiger partial charge in [0.1, 0.15) is 5.54 Å². The van der Waals surface area contributed by atoms with Crippen molar-refractivity contribution in [2.45, 2.75) is 38.3 Å². The molecule has 1 saturated carbocycles. The zero-order chi connectivity index (χ0) is 14.8. The number of hydrogen-bond acceptors (Lipinski definition) is 3. The van der Waals surface area contributed by atoms with Crippen LogP contribution in [0.3, 0.4) is 0 Å². The van der Waals surface area contributed by atoms with E-state index in [4.69, 9.17) is 5.73 Å². The highest BCUT2D eigenvalue weighted by atomic mass is 16.1. The van der Waals surface area contributed by atoms with Gasteiger partial charge in [-0.2, -0.15) is 0 Å². The number of nitrogens with zero attached hydrogens (tertiary/aromatic N) is 1. The van der Waals surface area contributed by atoms with E-state index >= 15 is 0 Å². The van der Waals surface area contributed by atoms with Crippen molar-refractivity contribution in [2.24, 2.45) is 11.7 Å². The van der Waals surface area contributed by atoms with Crippen molar-refractivity contribution in [1.82, 2.24) is 5.32 Å². The SMILES string of the molecule is CC(C)NC(CN(C)c1ccccc1)(C(N)=O)C1CC1. The van der Waals surface area contributed by atoms with Crippen LogP contribution in [-0.4, -0.2) is 31.1 Å². The molecule has 1 aromatic rings. The minimum Gasteiger partial charge on any atom is -0.372 e. The third-order valence-electron chi connectivity index (χ3n) is 3.94. The average Bonchev–Trinajstić information content (AvgIpc) is 3.22. The number of carbonyl (C=O) groups is 1. The van der Waals surface area contributed by atoms with Crippen LogP contribution in [0.5, 0.6) is 0 Å². The Labute approximate surface area is 121 Å². The maximum Gasteiger partial charge on any atom is 0.239 e. The van der Waals surface area contributed by atoms with Crippen molar-refractivity contribution in [3.8, 4) is 0 Å². The lowest BCUT2D eigenvalue weighted by molar-refractivity contribution is -0.125. The summed E-state index contributed by atoms with van der Waals surface area (Å²) < 4.78 is 0. The van der Waals surface area contributed by atoms with Crippen molar-refractivity contribution in [2.75, 3.05) is 18.5 Å². The molecular weight excluding hydrogens is 250 g/mol. The van der Waals surface area contributed by atoms with E-state index in [1.54, 1.807) is 0 Å². The number of nitrogens with one attached hydrogen (secondary N) is 1. The Bertz CT molecular complexity index is 456. The van der Waals surface area contributed by atoms with Crippen molar-refractivity contribution in [1.29, 1.82) is 0 Å². The van der Waals surface area contributed by atoms with Crippen LogP contribution >= 0.6 is 0 Å². The number of carbonyl (C=O) groups excluding carboxylic acids is 1. The van der Waals surface area contributed by atoms with Gasteiger partial charge in [-0.1, -0.05) is 18.2 Å². The molecule has 1 unspecified atom stereocenters. The maximum atomic E-state index is 12.1. The fraction of sp³-hybridized carbons (Fsp3) is 0.562. The summed E-state index contributed by atoms with van der Waals surface area (Å²) in [5, 5.41) is 3.44. The van der Waals surface area contributed by atoms with Gasteiger partial charge in [-0.05, 0) is 44.7 Å². The Kier molecular flexibility index (Phi) is 4.33. The highest BCUT2D eigenvalue weighted by Gasteiger charge is 2.50. The van der Waals surface area contributed by atoms with E-state index in [0.717, 1.165) is 18.5 Å². The summed E-state index contributed by atoms with van der Waals surface area (Å²) in [5.41, 5.74) is 6.23. The summed E-state index contributed by atoms with van der Waals surface area (Å²) >= 11 is 0. The predicted molar refractivity (Wildman–Crippen MR) is 82.6 cm³/mol. The largest absolute Gasteiger partial charge is 0.372 e. The first-order valence-electron chi connectivity index (χ1n) is 7.29. The molecule has 0 aromatic heterocycles. The standard InChI is InChI=1S/C16H25N3O/c1-12(2)18-16(15(17)20,13-9-10-13)11-19(3)14-7-5-4-6-8-14/h4-8,12-13,18H,9-11H2,1-3H3,(H2,17,20). The van der Waals surface area contributed by atoms with Gasteiger partial charge in [-0.15, -0.1) is 0 Å². The molecule has 1 aromatic carbocycles. The van der Waals surface area contributed by atoms with Crippen LogP contribution in [0.1, 0.15) is 26.7 Å². The van der Waals surface area contributed by atoms with E-state index in [2.05, 4.69) is 24.1 Å². The molecule has 2 rings (SSSR count). The number of nitrogens with two attached hydrogens (primary N) is 1. The molecule has 0 saturated heterocycles. The topological polar surface area (TPSA) is 58.4 Å². The Morgan fingerprint density at radius 1 is 1.40 bits per heavy atom. The molecule has 0 aliphatic heterocycles. The Morgan fingerprint density at radius 2 is 2.00 bits per heavy atom. The Balaban J connectivity index is 2.21. The number of anilines is 1. The van der Waals surface area contributed by atoms with Crippen molar-refractivity contribution >= 4 is 11.6 Å². The molecule has 1 atom stereocenters. The zero-order valence-electron chi connectivity index (χ0n) is 12.6. The molecule has 1 fully saturated rings. The number of benzene rings is 1. The van der Waals surface area contributed by atoms with E-state index in [1.165, 1.54) is 0 Å². The van der Waals surface area contributed by atoms with Gasteiger partial charge in [-0.3, -0.25) is 10.1 Å². The Morgan fingerprint density at radius 3 is 2.45 bits per heavy atom. The highest BCUT2D eigenvalue weighted by molar-refractivity contribution is 5.86. The summed E-state index contributed by atoms with van der Waals surface area (Å²) in [5.74, 6) is 0.116. The second-order valence-electron chi connectivity index (χ2n) is 6.10. The molecule has 1 aliphatic rings. The minimum absolute atomic E-state index is 0.229. The molecule has 0 bridgehead atoms. The highest BCUT2D eigenvalue weighted by Crippen LogP contribution is 2.40. The molecule has 1 amide bonds. The lowest BCUT2D eigenvalue weighted by Gasteiger charge is -2.38. The molecule has 0 radical (unpaired) electrons. The van der Waals surface area contributed by atoms with Crippen molar-refractivity contribution in [3.05, 3.63) is 30.3 Å². The second kappa shape index (κ2) is 5.83. The van der Waals surface area contributed by atoms with Gasteiger partial charge in [0.2, 0.25) is 5.91 Å². The molecule has 0 heterocycles. The summed E-state index contributed by atoms with van der Waals surface area (Å²) in [7, 11) is 2.01. The second-order valence-corrected chi connectivity index (χ2v) is 6.10. The van der Waals surface area contributed by atoms with Gasteiger partial charge in [0.25, 0.3) is 0 Å². The molecule has 3 N–H and O–H groups in total. The van der Waals surface area contributed by atoms with Crippen LogP contribution in [0.25, 0.3) is 0 Å². The molecular formula is C16H25N3O. The molecule has 4 nitrogen and oxygen atoms in total. The van der Waals surface area contributed by atoms with Gasteiger partial charge in [0, 0.05) is 25.3 Å². The normalized spacial score (nSPS) is 17.8. The summed E-state index contributed by atoms with van der Waals surface area (Å²) in [6.07, 6.45) is 2.15. The molecule has 110 valence electrons. The van der Waals surface area contributed by atoms with E-state index in [1.807, 2.05) is 37.4 Å². The quantitative estimate of drug-likeness (QED) is 0.797. The van der Waals surface area contributed by atoms with Crippen LogP contribution in [0.15, 0.2) is 30.3 Å². The fourth-order valence-electron chi connectivity index (χ4n) is 2.88. The summed E-state index contributed by atoms with van der Waals surface area (Å²) in [4.78, 5) is 14.2. The van der Waals surface area contributed by atoms with Crippen molar-refractivity contribution in [3.63, 3.8) is 0 Å². The monoisotopic (exact) mass is 275 g/mol. The Hall–Kier alpha value is -1.55. The first kappa shape index (κ1) is 14.9. The minimum atomic E-state index is -0.626. The number of primary amides is 1. The molecule has 4 heteroatoms. The van der Waals surface area contributed by atoms with E-state index < -0.39 is 5.54 Å². The molecule has 20 heavy (non-hydrogen) atoms. The maximum absolute atomic E-state index is 12.1. The van der Waals surface area contributed by atoms with E-state index in [9.17, 15) is 4.79 Å². The van der Waals surface area contributed by atoms with E-state index in [0.29, 0.717) is 12.5 Å². The average molecular weight is 275 g/mol. The number of amides is 1. The first-order chi connectivity index (χ1) is 9.45. The summed E-state index contributed by atoms with van der Waals surface area (Å²) in [6.45, 7) is 4.72. The van der Waals surface area contributed by atoms with Crippen LogP contribution in [0.4, 0.5) is 5.69 Å². The predicted octanol–water partition coefficient (Wildman–Crippen LogP) is 1.75. The van der Waals surface area contributed by atoms with Crippen LogP contribution in [-0.2, 0) is 4.79 Å². The summed E-state index contributed by atoms with van der Waals surface area (Å²) in [6, 6.07) is 10.3. The lowest BCUT2D eigenvalue weighted by atomic mass is 9.90. The van der Waals surface area contributed by atoms with Gasteiger partial charge in [0.15, 0.2) is 0 Å². The van der Waals surface area contributed by atoms with Gasteiger partial charge in [-0.25, -0.2) is 0 Å². The van der Waals surface area contributed by atoms with Crippen LogP contribution in [0, 0.1) is 5.92 Å². The molecule has 1 aliphatic carbocycles. The third-order valence-corrected chi connectivity index (χ3v) is 3.94. The van der Waals surface area contributed by atoms with Gasteiger partial charge in [0.05, 0.1) is 0 Å². The third kappa shape index (κ3) is 3.12. The number of hydrogen-bond donors (Lipinski definition) is 2. The number of para-hydroxylation sites is 1. The van der Waals surface area contributed by atoms with E-state index in [-0.39, 0.29) is 11.9 Å². The van der Waals surface area contributed by atoms with Crippen molar-refractivity contribution < 1.29 is 4.79 Å². The zero-order valence-corrected chi connectivity index (χ0v) is 12.6. The van der Waals surface area contributed by atoms with Crippen LogP contribution < -0.4 is 16.0 Å². The van der Waals surface area contributed by atoms with Gasteiger partial charge >= 0.3 is 0 Å². The van der Waals surface area contributed by atoms with Crippen LogP contribution in [0.2, 0.25) is 0 Å². The smallest absolute Gasteiger partial charge is 0.239 e. The number of likely N-dealkylation sites (N-methyl/N-ethyl adjacent to an activating group) is 1. The first-order valence-corrected chi connectivity index (χ1v) is 7.29. The van der Waals surface area contributed by atoms with Gasteiger partial charge < -0.3 is 10.6 Å². The number of rotatable bonds is 7. The molecule has 0 spiro atoms.